The Morgan fingerprint density at radius 3 is 2.64 bits per heavy atom. The summed E-state index contributed by atoms with van der Waals surface area (Å²) in [7, 11) is 0. The van der Waals surface area contributed by atoms with E-state index in [1.54, 1.807) is 12.1 Å². The summed E-state index contributed by atoms with van der Waals surface area (Å²) < 4.78 is 4.78. The zero-order valence-corrected chi connectivity index (χ0v) is 8.03. The van der Waals surface area contributed by atoms with Gasteiger partial charge in [0.25, 0.3) is 0 Å². The standard InChI is InChI=1S/C10H8ClNO2/c11-8-3-1-7(2-4-8)9-6-14-12-10(9)5-13/h1-4,6,13H,5H2. The highest BCUT2D eigenvalue weighted by atomic mass is 35.5. The molecule has 3 nitrogen and oxygen atoms in total. The molecule has 0 spiro atoms. The molecule has 0 radical (unpaired) electrons. The molecule has 14 heavy (non-hydrogen) atoms. The summed E-state index contributed by atoms with van der Waals surface area (Å²) in [5.41, 5.74) is 2.26. The van der Waals surface area contributed by atoms with Crippen LogP contribution in [0.4, 0.5) is 0 Å². The first-order chi connectivity index (χ1) is 6.81. The lowest BCUT2D eigenvalue weighted by atomic mass is 10.1. The fourth-order valence-corrected chi connectivity index (χ4v) is 1.36. The summed E-state index contributed by atoms with van der Waals surface area (Å²) in [5.74, 6) is 0. The highest BCUT2D eigenvalue weighted by molar-refractivity contribution is 6.30. The lowest BCUT2D eigenvalue weighted by Gasteiger charge is -1.98. The number of rotatable bonds is 2. The molecule has 2 aromatic rings. The summed E-state index contributed by atoms with van der Waals surface area (Å²) in [4.78, 5) is 0. The summed E-state index contributed by atoms with van der Waals surface area (Å²) in [6.45, 7) is -0.130. The molecule has 72 valence electrons. The van der Waals surface area contributed by atoms with Crippen molar-refractivity contribution in [1.29, 1.82) is 0 Å². The summed E-state index contributed by atoms with van der Waals surface area (Å²) in [6, 6.07) is 7.28. The van der Waals surface area contributed by atoms with Gasteiger partial charge in [0.05, 0.1) is 6.61 Å². The fourth-order valence-electron chi connectivity index (χ4n) is 1.24. The predicted molar refractivity (Wildman–Crippen MR) is 52.9 cm³/mol. The minimum Gasteiger partial charge on any atom is -0.390 e. The molecule has 1 aromatic heterocycles. The maximum absolute atomic E-state index is 8.97. The van der Waals surface area contributed by atoms with Crippen LogP contribution in [0.5, 0.6) is 0 Å². The van der Waals surface area contributed by atoms with E-state index < -0.39 is 0 Å². The van der Waals surface area contributed by atoms with E-state index in [1.807, 2.05) is 12.1 Å². The van der Waals surface area contributed by atoms with Gasteiger partial charge in [0.2, 0.25) is 0 Å². The van der Waals surface area contributed by atoms with Crippen molar-refractivity contribution < 1.29 is 9.63 Å². The van der Waals surface area contributed by atoms with Crippen LogP contribution in [-0.4, -0.2) is 10.3 Å². The monoisotopic (exact) mass is 209 g/mol. The Hall–Kier alpha value is -1.32. The van der Waals surface area contributed by atoms with Crippen LogP contribution < -0.4 is 0 Å². The Morgan fingerprint density at radius 2 is 2.00 bits per heavy atom. The molecule has 0 bridgehead atoms. The zero-order chi connectivity index (χ0) is 9.97. The molecule has 0 atom stereocenters. The van der Waals surface area contributed by atoms with Gasteiger partial charge in [-0.05, 0) is 17.7 Å². The Labute approximate surface area is 85.9 Å². The molecule has 0 unspecified atom stereocenters. The third-order valence-electron chi connectivity index (χ3n) is 1.95. The van der Waals surface area contributed by atoms with Gasteiger partial charge >= 0.3 is 0 Å². The van der Waals surface area contributed by atoms with Crippen molar-refractivity contribution >= 4 is 11.6 Å². The van der Waals surface area contributed by atoms with E-state index in [-0.39, 0.29) is 6.61 Å². The summed E-state index contributed by atoms with van der Waals surface area (Å²) in [5, 5.41) is 13.3. The van der Waals surface area contributed by atoms with E-state index in [0.717, 1.165) is 11.1 Å². The lowest BCUT2D eigenvalue weighted by Crippen LogP contribution is -1.86. The largest absolute Gasteiger partial charge is 0.390 e. The molecule has 0 saturated heterocycles. The van der Waals surface area contributed by atoms with Crippen LogP contribution in [0.25, 0.3) is 11.1 Å². The molecule has 0 amide bonds. The van der Waals surface area contributed by atoms with Crippen molar-refractivity contribution in [2.75, 3.05) is 0 Å². The van der Waals surface area contributed by atoms with Crippen molar-refractivity contribution in [2.24, 2.45) is 0 Å². The molecule has 0 aliphatic heterocycles. The van der Waals surface area contributed by atoms with Crippen LogP contribution in [0.2, 0.25) is 5.02 Å². The van der Waals surface area contributed by atoms with E-state index in [2.05, 4.69) is 5.16 Å². The summed E-state index contributed by atoms with van der Waals surface area (Å²) >= 11 is 5.76. The molecule has 1 heterocycles. The second-order valence-electron chi connectivity index (χ2n) is 2.84. The van der Waals surface area contributed by atoms with Crippen LogP contribution in [-0.2, 0) is 6.61 Å². The lowest BCUT2D eigenvalue weighted by molar-refractivity contribution is 0.267. The second-order valence-corrected chi connectivity index (χ2v) is 3.28. The third-order valence-corrected chi connectivity index (χ3v) is 2.20. The third kappa shape index (κ3) is 1.64. The van der Waals surface area contributed by atoms with Gasteiger partial charge < -0.3 is 9.63 Å². The maximum Gasteiger partial charge on any atom is 0.132 e. The SMILES string of the molecule is OCc1nocc1-c1ccc(Cl)cc1. The topological polar surface area (TPSA) is 46.3 Å². The van der Waals surface area contributed by atoms with Crippen molar-refractivity contribution in [3.05, 3.63) is 41.2 Å². The minimum atomic E-state index is -0.130. The number of halogens is 1. The molecule has 1 N–H and O–H groups in total. The van der Waals surface area contributed by atoms with Crippen LogP contribution in [0.15, 0.2) is 35.1 Å². The summed E-state index contributed by atoms with van der Waals surface area (Å²) in [6.07, 6.45) is 1.51. The smallest absolute Gasteiger partial charge is 0.132 e. The number of aliphatic hydroxyl groups excluding tert-OH is 1. The van der Waals surface area contributed by atoms with E-state index in [1.165, 1.54) is 6.26 Å². The van der Waals surface area contributed by atoms with Gasteiger partial charge in [0, 0.05) is 10.6 Å². The molecule has 4 heteroatoms. The number of aliphatic hydroxyl groups is 1. The second kappa shape index (κ2) is 3.82. The number of benzene rings is 1. The van der Waals surface area contributed by atoms with Crippen molar-refractivity contribution in [1.82, 2.24) is 5.16 Å². The predicted octanol–water partition coefficient (Wildman–Crippen LogP) is 2.49. The number of nitrogens with zero attached hydrogens (tertiary/aromatic N) is 1. The maximum atomic E-state index is 8.97. The highest BCUT2D eigenvalue weighted by Gasteiger charge is 2.08. The number of hydrogen-bond donors (Lipinski definition) is 1. The normalized spacial score (nSPS) is 10.4. The number of aromatic nitrogens is 1. The van der Waals surface area contributed by atoms with E-state index >= 15 is 0 Å². The molecular weight excluding hydrogens is 202 g/mol. The first-order valence-electron chi connectivity index (χ1n) is 4.11. The van der Waals surface area contributed by atoms with Crippen LogP contribution >= 0.6 is 11.6 Å². The van der Waals surface area contributed by atoms with Gasteiger partial charge in [-0.1, -0.05) is 28.9 Å². The van der Waals surface area contributed by atoms with Crippen LogP contribution in [0.1, 0.15) is 5.69 Å². The van der Waals surface area contributed by atoms with Gasteiger partial charge in [0.15, 0.2) is 0 Å². The van der Waals surface area contributed by atoms with Gasteiger partial charge in [0.1, 0.15) is 12.0 Å². The van der Waals surface area contributed by atoms with Gasteiger partial charge in [-0.25, -0.2) is 0 Å². The average Bonchev–Trinajstić information content (AvgIpc) is 2.67. The zero-order valence-electron chi connectivity index (χ0n) is 7.27. The van der Waals surface area contributed by atoms with Crippen molar-refractivity contribution in [3.63, 3.8) is 0 Å². The quantitative estimate of drug-likeness (QED) is 0.827. The Morgan fingerprint density at radius 1 is 1.29 bits per heavy atom. The van der Waals surface area contributed by atoms with Gasteiger partial charge in [-0.2, -0.15) is 0 Å². The van der Waals surface area contributed by atoms with E-state index in [0.29, 0.717) is 10.7 Å². The van der Waals surface area contributed by atoms with Crippen molar-refractivity contribution in [2.45, 2.75) is 6.61 Å². The molecule has 0 aliphatic rings. The highest BCUT2D eigenvalue weighted by Crippen LogP contribution is 2.24. The van der Waals surface area contributed by atoms with Gasteiger partial charge in [-0.15, -0.1) is 0 Å². The average molecular weight is 210 g/mol. The number of hydrogen-bond acceptors (Lipinski definition) is 3. The first-order valence-corrected chi connectivity index (χ1v) is 4.49. The van der Waals surface area contributed by atoms with Gasteiger partial charge in [-0.3, -0.25) is 0 Å². The molecule has 0 saturated carbocycles. The Bertz CT molecular complexity index is 422. The molecule has 0 aliphatic carbocycles. The molecule has 2 rings (SSSR count). The molecular formula is C10H8ClNO2. The Balaban J connectivity index is 2.44. The van der Waals surface area contributed by atoms with E-state index in [4.69, 9.17) is 21.2 Å². The van der Waals surface area contributed by atoms with Crippen LogP contribution in [0, 0.1) is 0 Å². The Kier molecular flexibility index (Phi) is 2.52. The minimum absolute atomic E-state index is 0.130. The van der Waals surface area contributed by atoms with Crippen molar-refractivity contribution in [3.8, 4) is 11.1 Å². The first kappa shape index (κ1) is 9.24. The fraction of sp³-hybridized carbons (Fsp3) is 0.100. The van der Waals surface area contributed by atoms with Crippen LogP contribution in [0.3, 0.4) is 0 Å². The molecule has 0 fully saturated rings. The van der Waals surface area contributed by atoms with E-state index in [9.17, 15) is 0 Å². The molecule has 1 aromatic carbocycles.